The maximum atomic E-state index is 12.7. The van der Waals surface area contributed by atoms with Crippen molar-refractivity contribution in [2.24, 2.45) is 0 Å². The highest BCUT2D eigenvalue weighted by molar-refractivity contribution is 5.93. The van der Waals surface area contributed by atoms with E-state index >= 15 is 0 Å². The fourth-order valence-corrected chi connectivity index (χ4v) is 3.87. The van der Waals surface area contributed by atoms with Gasteiger partial charge in [0.15, 0.2) is 0 Å². The van der Waals surface area contributed by atoms with Crippen LogP contribution in [0, 0.1) is 0 Å². The fourth-order valence-electron chi connectivity index (χ4n) is 3.87. The molecule has 0 unspecified atom stereocenters. The highest BCUT2D eigenvalue weighted by Gasteiger charge is 2.17. The van der Waals surface area contributed by atoms with Gasteiger partial charge >= 0.3 is 11.9 Å². The van der Waals surface area contributed by atoms with Crippen LogP contribution >= 0.6 is 0 Å². The molecule has 0 aliphatic rings. The van der Waals surface area contributed by atoms with Gasteiger partial charge < -0.3 is 9.47 Å². The largest absolute Gasteiger partial charge is 0.423 e. The molecule has 4 nitrogen and oxygen atoms in total. The molecule has 0 amide bonds. The van der Waals surface area contributed by atoms with Gasteiger partial charge in [-0.2, -0.15) is 0 Å². The van der Waals surface area contributed by atoms with Crippen LogP contribution in [0.25, 0.3) is 10.8 Å². The standard InChI is InChI=1S/C32H32O4/c1-31(2,3)25-13-7-22(8-14-25)29(33)35-27-17-11-21-12-18-28(20-24(21)19-27)36-30(34)23-9-15-26(16-10-23)32(4,5)6/h7-20H,1-6H3. The summed E-state index contributed by atoms with van der Waals surface area (Å²) in [6.45, 7) is 12.8. The lowest BCUT2D eigenvalue weighted by molar-refractivity contribution is 0.0726. The summed E-state index contributed by atoms with van der Waals surface area (Å²) in [5.41, 5.74) is 3.30. The lowest BCUT2D eigenvalue weighted by Crippen LogP contribution is -2.13. The van der Waals surface area contributed by atoms with Gasteiger partial charge in [-0.05, 0) is 81.3 Å². The zero-order valence-corrected chi connectivity index (χ0v) is 21.7. The lowest BCUT2D eigenvalue weighted by atomic mass is 9.87. The SMILES string of the molecule is CC(C)(C)c1ccc(C(=O)Oc2ccc3ccc(OC(=O)c4ccc(C(C)(C)C)cc4)cc3c2)cc1. The Balaban J connectivity index is 1.48. The number of benzene rings is 4. The Morgan fingerprint density at radius 1 is 0.500 bits per heavy atom. The summed E-state index contributed by atoms with van der Waals surface area (Å²) in [4.78, 5) is 25.3. The van der Waals surface area contributed by atoms with Crippen LogP contribution in [0.4, 0.5) is 0 Å². The van der Waals surface area contributed by atoms with Crippen molar-refractivity contribution >= 4 is 22.7 Å². The minimum absolute atomic E-state index is 0.0117. The van der Waals surface area contributed by atoms with Gasteiger partial charge in [-0.15, -0.1) is 0 Å². The number of fused-ring (bicyclic) bond motifs is 1. The molecule has 0 atom stereocenters. The van der Waals surface area contributed by atoms with Crippen LogP contribution in [0.15, 0.2) is 84.9 Å². The minimum Gasteiger partial charge on any atom is -0.423 e. The third-order valence-corrected chi connectivity index (χ3v) is 6.18. The van der Waals surface area contributed by atoms with Crippen LogP contribution in [0.1, 0.15) is 73.4 Å². The summed E-state index contributed by atoms with van der Waals surface area (Å²) in [7, 11) is 0. The second kappa shape index (κ2) is 9.62. The minimum atomic E-state index is -0.420. The van der Waals surface area contributed by atoms with Gasteiger partial charge in [-0.3, -0.25) is 0 Å². The number of hydrogen-bond acceptors (Lipinski definition) is 4. The van der Waals surface area contributed by atoms with Crippen LogP contribution in [0.2, 0.25) is 0 Å². The Kier molecular flexibility index (Phi) is 6.73. The number of hydrogen-bond donors (Lipinski definition) is 0. The Morgan fingerprint density at radius 2 is 0.861 bits per heavy atom. The molecular formula is C32H32O4. The summed E-state index contributed by atoms with van der Waals surface area (Å²) in [6, 6.07) is 25.8. The molecule has 0 aliphatic carbocycles. The van der Waals surface area contributed by atoms with E-state index in [0.29, 0.717) is 22.6 Å². The summed E-state index contributed by atoms with van der Waals surface area (Å²) >= 11 is 0. The first-order valence-corrected chi connectivity index (χ1v) is 12.1. The zero-order chi connectivity index (χ0) is 26.1. The summed E-state index contributed by atoms with van der Waals surface area (Å²) < 4.78 is 11.2. The molecule has 0 fully saturated rings. The molecule has 0 radical (unpaired) electrons. The van der Waals surface area contributed by atoms with E-state index < -0.39 is 11.9 Å². The molecule has 0 bridgehead atoms. The molecule has 4 aromatic carbocycles. The average molecular weight is 481 g/mol. The van der Waals surface area contributed by atoms with Crippen molar-refractivity contribution in [2.45, 2.75) is 52.4 Å². The molecular weight excluding hydrogens is 448 g/mol. The molecule has 184 valence electrons. The maximum absolute atomic E-state index is 12.7. The summed E-state index contributed by atoms with van der Waals surface area (Å²) in [5.74, 6) is 0.00878. The maximum Gasteiger partial charge on any atom is 0.343 e. The number of rotatable bonds is 4. The molecule has 0 saturated carbocycles. The van der Waals surface area contributed by atoms with E-state index in [-0.39, 0.29) is 10.8 Å². The van der Waals surface area contributed by atoms with Crippen molar-refractivity contribution in [3.63, 3.8) is 0 Å². The van der Waals surface area contributed by atoms with Crippen LogP contribution in [0.3, 0.4) is 0 Å². The molecule has 4 heteroatoms. The topological polar surface area (TPSA) is 52.6 Å². The summed E-state index contributed by atoms with van der Waals surface area (Å²) in [6.07, 6.45) is 0. The molecule has 4 aromatic rings. The van der Waals surface area contributed by atoms with Gasteiger partial charge in [-0.1, -0.05) is 77.9 Å². The second-order valence-corrected chi connectivity index (χ2v) is 11.1. The smallest absolute Gasteiger partial charge is 0.343 e. The predicted molar refractivity (Wildman–Crippen MR) is 144 cm³/mol. The Bertz CT molecular complexity index is 1290. The van der Waals surface area contributed by atoms with Crippen molar-refractivity contribution in [1.82, 2.24) is 0 Å². The van der Waals surface area contributed by atoms with Crippen molar-refractivity contribution in [2.75, 3.05) is 0 Å². The van der Waals surface area contributed by atoms with E-state index in [4.69, 9.17) is 9.47 Å². The molecule has 0 spiro atoms. The molecule has 0 saturated heterocycles. The van der Waals surface area contributed by atoms with Crippen molar-refractivity contribution < 1.29 is 19.1 Å². The molecule has 0 aromatic heterocycles. The van der Waals surface area contributed by atoms with Crippen molar-refractivity contribution in [3.05, 3.63) is 107 Å². The molecule has 0 aliphatic heterocycles. The van der Waals surface area contributed by atoms with Gasteiger partial charge in [0.05, 0.1) is 11.1 Å². The Labute approximate surface area is 212 Å². The Hall–Kier alpha value is -3.92. The number of carbonyl (C=O) groups excluding carboxylic acids is 2. The van der Waals surface area contributed by atoms with E-state index in [1.54, 1.807) is 48.5 Å². The van der Waals surface area contributed by atoms with Crippen LogP contribution in [-0.4, -0.2) is 11.9 Å². The third kappa shape index (κ3) is 5.83. The number of ether oxygens (including phenoxy) is 2. The molecule has 0 N–H and O–H groups in total. The molecule has 36 heavy (non-hydrogen) atoms. The Morgan fingerprint density at radius 3 is 1.19 bits per heavy atom. The van der Waals surface area contributed by atoms with Crippen molar-refractivity contribution in [3.8, 4) is 11.5 Å². The van der Waals surface area contributed by atoms with Crippen LogP contribution in [0.5, 0.6) is 11.5 Å². The first-order chi connectivity index (χ1) is 16.9. The van der Waals surface area contributed by atoms with Crippen LogP contribution < -0.4 is 9.47 Å². The van der Waals surface area contributed by atoms with E-state index in [9.17, 15) is 9.59 Å². The fraction of sp³-hybridized carbons (Fsp3) is 0.250. The van der Waals surface area contributed by atoms with Crippen LogP contribution in [-0.2, 0) is 10.8 Å². The monoisotopic (exact) mass is 480 g/mol. The molecule has 4 rings (SSSR count). The number of esters is 2. The average Bonchev–Trinajstić information content (AvgIpc) is 2.83. The quantitative estimate of drug-likeness (QED) is 0.220. The van der Waals surface area contributed by atoms with Crippen molar-refractivity contribution in [1.29, 1.82) is 0 Å². The zero-order valence-electron chi connectivity index (χ0n) is 21.7. The van der Waals surface area contributed by atoms with Gasteiger partial charge in [0.1, 0.15) is 11.5 Å². The van der Waals surface area contributed by atoms with Gasteiger partial charge in [0.2, 0.25) is 0 Å². The van der Waals surface area contributed by atoms with E-state index in [0.717, 1.165) is 21.9 Å². The molecule has 0 heterocycles. The first-order valence-electron chi connectivity index (χ1n) is 12.1. The van der Waals surface area contributed by atoms with E-state index in [2.05, 4.69) is 41.5 Å². The van der Waals surface area contributed by atoms with E-state index in [1.807, 2.05) is 36.4 Å². The lowest BCUT2D eigenvalue weighted by Gasteiger charge is -2.19. The number of carbonyl (C=O) groups is 2. The third-order valence-electron chi connectivity index (χ3n) is 6.18. The van der Waals surface area contributed by atoms with Gasteiger partial charge in [0.25, 0.3) is 0 Å². The highest BCUT2D eigenvalue weighted by atomic mass is 16.5. The van der Waals surface area contributed by atoms with Gasteiger partial charge in [-0.25, -0.2) is 9.59 Å². The second-order valence-electron chi connectivity index (χ2n) is 11.1. The predicted octanol–water partition coefficient (Wildman–Crippen LogP) is 7.87. The van der Waals surface area contributed by atoms with E-state index in [1.165, 1.54) is 0 Å². The first kappa shape index (κ1) is 25.2. The summed E-state index contributed by atoms with van der Waals surface area (Å²) in [5, 5.41) is 1.75. The normalized spacial score (nSPS) is 11.8. The van der Waals surface area contributed by atoms with Gasteiger partial charge in [0, 0.05) is 0 Å². The highest BCUT2D eigenvalue weighted by Crippen LogP contribution is 2.28.